The maximum absolute atomic E-state index is 13.5. The lowest BCUT2D eigenvalue weighted by molar-refractivity contribution is -0.119. The minimum atomic E-state index is -0.647. The first-order valence-corrected chi connectivity index (χ1v) is 12.1. The molecule has 0 saturated heterocycles. The largest absolute Gasteiger partial charge is 0.483 e. The Bertz CT molecular complexity index is 1510. The van der Waals surface area contributed by atoms with Crippen molar-refractivity contribution in [3.05, 3.63) is 77.6 Å². The summed E-state index contributed by atoms with van der Waals surface area (Å²) >= 11 is 0. The van der Waals surface area contributed by atoms with E-state index in [9.17, 15) is 18.8 Å². The standard InChI is InChI=1S/C29H28FN3O5/c1-16(2)14-33-28(35)19-7-10-23(37-15-25(31)34)21(13-19)18-6-11-24-22(12-18)26(29(36)32-3)27(38-24)17-4-8-20(30)9-5-17/h4-13,16H,14-15H2,1-3H3,(H2,31,34)(H,32,36)(H,33,35). The van der Waals surface area contributed by atoms with Crippen LogP contribution in [-0.4, -0.2) is 37.9 Å². The average Bonchev–Trinajstić information content (AvgIpc) is 3.29. The summed E-state index contributed by atoms with van der Waals surface area (Å²) in [5.41, 5.74) is 8.08. The van der Waals surface area contributed by atoms with Crippen LogP contribution in [0.4, 0.5) is 4.39 Å². The number of nitrogens with two attached hydrogens (primary N) is 1. The second-order valence-corrected chi connectivity index (χ2v) is 9.17. The highest BCUT2D eigenvalue weighted by Gasteiger charge is 2.23. The molecule has 1 aromatic heterocycles. The van der Waals surface area contributed by atoms with Crippen molar-refractivity contribution in [3.63, 3.8) is 0 Å². The van der Waals surface area contributed by atoms with Gasteiger partial charge in [-0.3, -0.25) is 14.4 Å². The molecule has 8 nitrogen and oxygen atoms in total. The van der Waals surface area contributed by atoms with E-state index in [-0.39, 0.29) is 29.9 Å². The highest BCUT2D eigenvalue weighted by molar-refractivity contribution is 6.12. The molecule has 38 heavy (non-hydrogen) atoms. The molecule has 0 radical (unpaired) electrons. The van der Waals surface area contributed by atoms with Crippen LogP contribution in [0.5, 0.6) is 5.75 Å². The van der Waals surface area contributed by atoms with E-state index in [1.165, 1.54) is 31.3 Å². The van der Waals surface area contributed by atoms with Gasteiger partial charge in [0, 0.05) is 35.7 Å². The van der Waals surface area contributed by atoms with Gasteiger partial charge in [0.05, 0.1) is 5.56 Å². The van der Waals surface area contributed by atoms with Gasteiger partial charge in [0.15, 0.2) is 6.61 Å². The highest BCUT2D eigenvalue weighted by atomic mass is 19.1. The molecule has 9 heteroatoms. The predicted molar refractivity (Wildman–Crippen MR) is 142 cm³/mol. The third-order valence-corrected chi connectivity index (χ3v) is 5.84. The van der Waals surface area contributed by atoms with Gasteiger partial charge in [-0.15, -0.1) is 0 Å². The zero-order chi connectivity index (χ0) is 27.4. The maximum atomic E-state index is 13.5. The Morgan fingerprint density at radius 1 is 0.974 bits per heavy atom. The Morgan fingerprint density at radius 2 is 1.68 bits per heavy atom. The molecule has 3 amide bonds. The number of halogens is 1. The summed E-state index contributed by atoms with van der Waals surface area (Å²) in [5, 5.41) is 6.03. The lowest BCUT2D eigenvalue weighted by Gasteiger charge is -2.14. The minimum absolute atomic E-state index is 0.254. The van der Waals surface area contributed by atoms with Crippen LogP contribution in [0.3, 0.4) is 0 Å². The van der Waals surface area contributed by atoms with Crippen LogP contribution in [0.15, 0.2) is 65.1 Å². The van der Waals surface area contributed by atoms with E-state index in [4.69, 9.17) is 14.9 Å². The van der Waals surface area contributed by atoms with Crippen molar-refractivity contribution in [2.45, 2.75) is 13.8 Å². The Labute approximate surface area is 219 Å². The van der Waals surface area contributed by atoms with Crippen LogP contribution in [0.1, 0.15) is 34.6 Å². The molecule has 1 heterocycles. The van der Waals surface area contributed by atoms with E-state index in [1.807, 2.05) is 13.8 Å². The van der Waals surface area contributed by atoms with Crippen LogP contribution in [0.25, 0.3) is 33.4 Å². The fraction of sp³-hybridized carbons (Fsp3) is 0.207. The van der Waals surface area contributed by atoms with Gasteiger partial charge < -0.3 is 25.5 Å². The van der Waals surface area contributed by atoms with Crippen molar-refractivity contribution in [2.75, 3.05) is 20.2 Å². The van der Waals surface area contributed by atoms with E-state index in [1.54, 1.807) is 36.4 Å². The second kappa shape index (κ2) is 11.2. The number of primary amides is 1. The topological polar surface area (TPSA) is 124 Å². The normalized spacial score (nSPS) is 11.0. The first-order chi connectivity index (χ1) is 18.2. The number of furan rings is 1. The molecule has 0 unspecified atom stereocenters. The zero-order valence-electron chi connectivity index (χ0n) is 21.3. The smallest absolute Gasteiger partial charge is 0.255 e. The number of amides is 3. The number of rotatable bonds is 9. The second-order valence-electron chi connectivity index (χ2n) is 9.17. The molecule has 0 bridgehead atoms. The third kappa shape index (κ3) is 5.67. The summed E-state index contributed by atoms with van der Waals surface area (Å²) in [4.78, 5) is 37.1. The van der Waals surface area contributed by atoms with Gasteiger partial charge in [0.25, 0.3) is 17.7 Å². The fourth-order valence-electron chi connectivity index (χ4n) is 3.99. The molecule has 0 atom stereocenters. The summed E-state index contributed by atoms with van der Waals surface area (Å²) in [6.45, 7) is 4.16. The SMILES string of the molecule is CNC(=O)c1c(-c2ccc(F)cc2)oc2ccc(-c3cc(C(=O)NCC(C)C)ccc3OCC(N)=O)cc12. The molecule has 4 rings (SSSR count). The molecule has 0 spiro atoms. The Morgan fingerprint density at radius 3 is 2.34 bits per heavy atom. The molecule has 0 aliphatic carbocycles. The fourth-order valence-corrected chi connectivity index (χ4v) is 3.99. The molecule has 4 N–H and O–H groups in total. The molecular weight excluding hydrogens is 489 g/mol. The zero-order valence-corrected chi connectivity index (χ0v) is 21.3. The minimum Gasteiger partial charge on any atom is -0.483 e. The van der Waals surface area contributed by atoms with Gasteiger partial charge in [0.2, 0.25) is 0 Å². The van der Waals surface area contributed by atoms with E-state index >= 15 is 0 Å². The summed E-state index contributed by atoms with van der Waals surface area (Å²) < 4.78 is 25.2. The summed E-state index contributed by atoms with van der Waals surface area (Å²) in [6.07, 6.45) is 0. The Balaban J connectivity index is 1.86. The molecule has 196 valence electrons. The van der Waals surface area contributed by atoms with Crippen molar-refractivity contribution < 1.29 is 27.9 Å². The lowest BCUT2D eigenvalue weighted by Crippen LogP contribution is -2.27. The molecule has 3 aromatic carbocycles. The number of carbonyl (C=O) groups excluding carboxylic acids is 3. The van der Waals surface area contributed by atoms with E-state index in [0.717, 1.165) is 0 Å². The number of benzene rings is 3. The van der Waals surface area contributed by atoms with Crippen LogP contribution < -0.4 is 21.1 Å². The van der Waals surface area contributed by atoms with Gasteiger partial charge in [-0.25, -0.2) is 4.39 Å². The van der Waals surface area contributed by atoms with Crippen molar-refractivity contribution >= 4 is 28.7 Å². The Kier molecular flexibility index (Phi) is 7.76. The number of hydrogen-bond acceptors (Lipinski definition) is 5. The number of ether oxygens (including phenoxy) is 1. The molecule has 0 fully saturated rings. The van der Waals surface area contributed by atoms with Crippen molar-refractivity contribution in [2.24, 2.45) is 11.7 Å². The van der Waals surface area contributed by atoms with Gasteiger partial charge in [-0.1, -0.05) is 19.9 Å². The van der Waals surface area contributed by atoms with Gasteiger partial charge in [-0.05, 0) is 66.1 Å². The van der Waals surface area contributed by atoms with Crippen molar-refractivity contribution in [1.29, 1.82) is 0 Å². The van der Waals surface area contributed by atoms with E-state index in [0.29, 0.717) is 51.3 Å². The Hall–Kier alpha value is -4.66. The third-order valence-electron chi connectivity index (χ3n) is 5.84. The molecular formula is C29H28FN3O5. The number of hydrogen-bond donors (Lipinski definition) is 3. The van der Waals surface area contributed by atoms with Crippen molar-refractivity contribution in [1.82, 2.24) is 10.6 Å². The van der Waals surface area contributed by atoms with E-state index < -0.39 is 11.7 Å². The summed E-state index contributed by atoms with van der Waals surface area (Å²) in [7, 11) is 1.51. The van der Waals surface area contributed by atoms with Crippen LogP contribution in [-0.2, 0) is 4.79 Å². The van der Waals surface area contributed by atoms with E-state index in [2.05, 4.69) is 10.6 Å². The monoisotopic (exact) mass is 517 g/mol. The lowest BCUT2D eigenvalue weighted by atomic mass is 9.98. The molecule has 4 aromatic rings. The van der Waals surface area contributed by atoms with Gasteiger partial charge in [-0.2, -0.15) is 0 Å². The molecule has 0 aliphatic rings. The highest BCUT2D eigenvalue weighted by Crippen LogP contribution is 2.38. The number of carbonyl (C=O) groups is 3. The first-order valence-electron chi connectivity index (χ1n) is 12.1. The van der Waals surface area contributed by atoms with Gasteiger partial charge >= 0.3 is 0 Å². The number of nitrogens with one attached hydrogen (secondary N) is 2. The average molecular weight is 518 g/mol. The van der Waals surface area contributed by atoms with Crippen LogP contribution >= 0.6 is 0 Å². The van der Waals surface area contributed by atoms with Crippen LogP contribution in [0, 0.1) is 11.7 Å². The predicted octanol–water partition coefficient (Wildman–Crippen LogP) is 4.52. The molecule has 0 saturated carbocycles. The summed E-state index contributed by atoms with van der Waals surface area (Å²) in [5.74, 6) is -0.780. The van der Waals surface area contributed by atoms with Crippen molar-refractivity contribution in [3.8, 4) is 28.2 Å². The quantitative estimate of drug-likeness (QED) is 0.301. The van der Waals surface area contributed by atoms with Gasteiger partial charge in [0.1, 0.15) is 22.9 Å². The first kappa shape index (κ1) is 26.4. The summed E-state index contributed by atoms with van der Waals surface area (Å²) in [6, 6.07) is 15.7. The van der Waals surface area contributed by atoms with Crippen LogP contribution in [0.2, 0.25) is 0 Å². The maximum Gasteiger partial charge on any atom is 0.255 e. The molecule has 0 aliphatic heterocycles. The number of fused-ring (bicyclic) bond motifs is 1.